The largest absolute Gasteiger partial charge is 0.399 e. The van der Waals surface area contributed by atoms with Crippen LogP contribution in [0.15, 0.2) is 24.3 Å². The van der Waals surface area contributed by atoms with Crippen molar-refractivity contribution >= 4 is 17.4 Å². The molecule has 0 bridgehead atoms. The third-order valence-electron chi connectivity index (χ3n) is 2.47. The van der Waals surface area contributed by atoms with Gasteiger partial charge in [-0.05, 0) is 38.5 Å². The van der Waals surface area contributed by atoms with Gasteiger partial charge in [0.05, 0.1) is 0 Å². The second-order valence-electron chi connectivity index (χ2n) is 4.84. The molecule has 0 atom stereocenters. The zero-order valence-electron chi connectivity index (χ0n) is 10.7. The molecule has 0 aliphatic rings. The highest BCUT2D eigenvalue weighted by atomic mass is 16.2. The topological polar surface area (TPSA) is 67.2 Å². The fourth-order valence-electron chi connectivity index (χ4n) is 1.77. The molecule has 1 aromatic carbocycles. The molecule has 0 saturated carbocycles. The van der Waals surface area contributed by atoms with Crippen molar-refractivity contribution in [3.05, 3.63) is 24.3 Å². The van der Waals surface area contributed by atoms with Crippen LogP contribution in [0.4, 0.5) is 16.2 Å². The summed E-state index contributed by atoms with van der Waals surface area (Å²) in [5.74, 6) is 0. The van der Waals surface area contributed by atoms with Crippen molar-refractivity contribution in [2.45, 2.75) is 39.2 Å². The fraction of sp³-hybridized carbons (Fsp3) is 0.462. The molecule has 0 saturated heterocycles. The van der Waals surface area contributed by atoms with Crippen molar-refractivity contribution in [3.8, 4) is 0 Å². The zero-order valence-corrected chi connectivity index (χ0v) is 10.7. The molecule has 0 aliphatic heterocycles. The van der Waals surface area contributed by atoms with Gasteiger partial charge in [0.25, 0.3) is 0 Å². The van der Waals surface area contributed by atoms with Crippen LogP contribution >= 0.6 is 0 Å². The van der Waals surface area contributed by atoms with Crippen LogP contribution in [0.5, 0.6) is 0 Å². The molecule has 0 heterocycles. The molecule has 94 valence electrons. The Morgan fingerprint density at radius 1 is 1.41 bits per heavy atom. The predicted octanol–water partition coefficient (Wildman–Crippen LogP) is 2.97. The first-order valence-electron chi connectivity index (χ1n) is 5.87. The van der Waals surface area contributed by atoms with E-state index >= 15 is 0 Å². The molecule has 4 heteroatoms. The van der Waals surface area contributed by atoms with Gasteiger partial charge in [-0.2, -0.15) is 0 Å². The van der Waals surface area contributed by atoms with E-state index in [2.05, 4.69) is 17.6 Å². The number of urea groups is 1. The number of carbonyl (C=O) groups is 1. The van der Waals surface area contributed by atoms with Crippen LogP contribution in [0.3, 0.4) is 0 Å². The molecule has 0 spiro atoms. The number of amides is 2. The number of anilines is 2. The Labute approximate surface area is 103 Å². The minimum Gasteiger partial charge on any atom is -0.399 e. The summed E-state index contributed by atoms with van der Waals surface area (Å²) in [5.41, 5.74) is 6.78. The molecule has 2 amide bonds. The van der Waals surface area contributed by atoms with Crippen LogP contribution < -0.4 is 16.4 Å². The number of nitrogens with one attached hydrogen (secondary N) is 2. The van der Waals surface area contributed by atoms with Crippen LogP contribution in [-0.4, -0.2) is 11.6 Å². The van der Waals surface area contributed by atoms with Crippen LogP contribution in [0.1, 0.15) is 33.6 Å². The van der Waals surface area contributed by atoms with E-state index < -0.39 is 0 Å². The maximum absolute atomic E-state index is 11.8. The van der Waals surface area contributed by atoms with Gasteiger partial charge in [-0.25, -0.2) is 4.79 Å². The van der Waals surface area contributed by atoms with Crippen molar-refractivity contribution in [1.29, 1.82) is 0 Å². The molecule has 17 heavy (non-hydrogen) atoms. The first-order valence-corrected chi connectivity index (χ1v) is 5.87. The van der Waals surface area contributed by atoms with Gasteiger partial charge in [0.2, 0.25) is 0 Å². The predicted molar refractivity (Wildman–Crippen MR) is 72.0 cm³/mol. The SMILES string of the molecule is CCCC(C)(C)NC(=O)Nc1cccc(N)c1. The highest BCUT2D eigenvalue weighted by Crippen LogP contribution is 2.13. The molecular weight excluding hydrogens is 214 g/mol. The van der Waals surface area contributed by atoms with Crippen LogP contribution in [0, 0.1) is 0 Å². The van der Waals surface area contributed by atoms with E-state index in [9.17, 15) is 4.79 Å². The van der Waals surface area contributed by atoms with Gasteiger partial charge in [0.15, 0.2) is 0 Å². The van der Waals surface area contributed by atoms with Gasteiger partial charge in [-0.1, -0.05) is 19.4 Å². The molecule has 0 fully saturated rings. The first-order chi connectivity index (χ1) is 7.93. The van der Waals surface area contributed by atoms with Gasteiger partial charge >= 0.3 is 6.03 Å². The summed E-state index contributed by atoms with van der Waals surface area (Å²) < 4.78 is 0. The lowest BCUT2D eigenvalue weighted by molar-refractivity contribution is 0.239. The smallest absolute Gasteiger partial charge is 0.319 e. The van der Waals surface area contributed by atoms with E-state index in [1.54, 1.807) is 12.1 Å². The monoisotopic (exact) mass is 235 g/mol. The number of rotatable bonds is 4. The standard InChI is InChI=1S/C13H21N3O/c1-4-8-13(2,3)16-12(17)15-11-7-5-6-10(14)9-11/h5-7,9H,4,8,14H2,1-3H3,(H2,15,16,17). The van der Waals surface area contributed by atoms with Crippen molar-refractivity contribution in [2.75, 3.05) is 11.1 Å². The number of benzene rings is 1. The number of hydrogen-bond acceptors (Lipinski definition) is 2. The number of nitrogen functional groups attached to an aromatic ring is 1. The van der Waals surface area contributed by atoms with Crippen molar-refractivity contribution in [1.82, 2.24) is 5.32 Å². The Kier molecular flexibility index (Phi) is 4.37. The lowest BCUT2D eigenvalue weighted by Crippen LogP contribution is -2.45. The molecular formula is C13H21N3O. The van der Waals surface area contributed by atoms with Gasteiger partial charge in [0, 0.05) is 16.9 Å². The van der Waals surface area contributed by atoms with E-state index in [4.69, 9.17) is 5.73 Å². The third kappa shape index (κ3) is 4.76. The fourth-order valence-corrected chi connectivity index (χ4v) is 1.77. The van der Waals surface area contributed by atoms with Crippen molar-refractivity contribution in [2.24, 2.45) is 0 Å². The molecule has 4 nitrogen and oxygen atoms in total. The maximum atomic E-state index is 11.8. The van der Waals surface area contributed by atoms with Crippen LogP contribution in [0.25, 0.3) is 0 Å². The second kappa shape index (κ2) is 5.57. The zero-order chi connectivity index (χ0) is 12.9. The minimum atomic E-state index is -0.200. The molecule has 1 rings (SSSR count). The van der Waals surface area contributed by atoms with Gasteiger partial charge < -0.3 is 16.4 Å². The van der Waals surface area contributed by atoms with E-state index in [0.717, 1.165) is 12.8 Å². The van der Waals surface area contributed by atoms with E-state index in [1.807, 2.05) is 26.0 Å². The molecule has 0 aromatic heterocycles. The lowest BCUT2D eigenvalue weighted by Gasteiger charge is -2.25. The summed E-state index contributed by atoms with van der Waals surface area (Å²) in [7, 11) is 0. The minimum absolute atomic E-state index is 0.195. The maximum Gasteiger partial charge on any atom is 0.319 e. The summed E-state index contributed by atoms with van der Waals surface area (Å²) in [6.07, 6.45) is 1.98. The number of nitrogens with two attached hydrogens (primary N) is 1. The Morgan fingerprint density at radius 2 is 2.12 bits per heavy atom. The van der Waals surface area contributed by atoms with Gasteiger partial charge in [-0.15, -0.1) is 0 Å². The second-order valence-corrected chi connectivity index (χ2v) is 4.84. The summed E-state index contributed by atoms with van der Waals surface area (Å²) in [6.45, 7) is 6.12. The summed E-state index contributed by atoms with van der Waals surface area (Å²) in [4.78, 5) is 11.8. The number of carbonyl (C=O) groups excluding carboxylic acids is 1. The Balaban J connectivity index is 2.55. The first kappa shape index (κ1) is 13.4. The molecule has 0 aliphatic carbocycles. The van der Waals surface area contributed by atoms with Crippen molar-refractivity contribution < 1.29 is 4.79 Å². The van der Waals surface area contributed by atoms with E-state index in [1.165, 1.54) is 0 Å². The number of hydrogen-bond donors (Lipinski definition) is 3. The molecule has 0 radical (unpaired) electrons. The highest BCUT2D eigenvalue weighted by Gasteiger charge is 2.18. The molecule has 0 unspecified atom stereocenters. The summed E-state index contributed by atoms with van der Waals surface area (Å²) in [5, 5.41) is 5.70. The highest BCUT2D eigenvalue weighted by molar-refractivity contribution is 5.90. The average Bonchev–Trinajstić information content (AvgIpc) is 2.15. The Bertz CT molecular complexity index is 388. The lowest BCUT2D eigenvalue weighted by atomic mass is 9.99. The van der Waals surface area contributed by atoms with Crippen molar-refractivity contribution in [3.63, 3.8) is 0 Å². The van der Waals surface area contributed by atoms with Crippen LogP contribution in [-0.2, 0) is 0 Å². The summed E-state index contributed by atoms with van der Waals surface area (Å²) >= 11 is 0. The van der Waals surface area contributed by atoms with Gasteiger partial charge in [0.1, 0.15) is 0 Å². The average molecular weight is 235 g/mol. The van der Waals surface area contributed by atoms with E-state index in [-0.39, 0.29) is 11.6 Å². The summed E-state index contributed by atoms with van der Waals surface area (Å²) in [6, 6.07) is 6.93. The molecule has 4 N–H and O–H groups in total. The van der Waals surface area contributed by atoms with Gasteiger partial charge in [-0.3, -0.25) is 0 Å². The quantitative estimate of drug-likeness (QED) is 0.702. The van der Waals surface area contributed by atoms with Crippen LogP contribution in [0.2, 0.25) is 0 Å². The normalized spacial score (nSPS) is 11.0. The van der Waals surface area contributed by atoms with E-state index in [0.29, 0.717) is 11.4 Å². The Hall–Kier alpha value is -1.71. The third-order valence-corrected chi connectivity index (χ3v) is 2.47. The molecule has 1 aromatic rings. The Morgan fingerprint density at radius 3 is 2.71 bits per heavy atom.